The predicted molar refractivity (Wildman–Crippen MR) is 64.8 cm³/mol. The van der Waals surface area contributed by atoms with Crippen molar-refractivity contribution in [1.82, 2.24) is 10.6 Å². The summed E-state index contributed by atoms with van der Waals surface area (Å²) in [5.74, 6) is 0.0481. The van der Waals surface area contributed by atoms with E-state index in [9.17, 15) is 4.79 Å². The Morgan fingerprint density at radius 1 is 1.62 bits per heavy atom. The number of hydrogen-bond donors (Lipinski definition) is 2. The number of carbonyl (C=O) groups excluding carboxylic acids is 1. The molecule has 0 radical (unpaired) electrons. The van der Waals surface area contributed by atoms with Gasteiger partial charge in [0, 0.05) is 19.7 Å². The quantitative estimate of drug-likeness (QED) is 0.718. The molecule has 16 heavy (non-hydrogen) atoms. The van der Waals surface area contributed by atoms with Crippen LogP contribution >= 0.6 is 12.4 Å². The molecular formula is C11H19ClN2O2. The normalized spacial score (nSPS) is 24.5. The lowest BCUT2D eigenvalue weighted by molar-refractivity contribution is -0.129. The van der Waals surface area contributed by atoms with E-state index in [1.165, 1.54) is 5.57 Å². The molecule has 2 aliphatic heterocycles. The largest absolute Gasteiger partial charge is 0.368 e. The number of halogens is 1. The number of nitrogens with one attached hydrogen (secondary N) is 2. The molecule has 0 bridgehead atoms. The molecule has 5 heteroatoms. The molecule has 2 rings (SSSR count). The monoisotopic (exact) mass is 246 g/mol. The highest BCUT2D eigenvalue weighted by molar-refractivity contribution is 5.85. The predicted octanol–water partition coefficient (Wildman–Crippen LogP) is 0.623. The number of amides is 1. The molecule has 0 aromatic rings. The third-order valence-corrected chi connectivity index (χ3v) is 2.87. The lowest BCUT2D eigenvalue weighted by Gasteiger charge is -2.16. The van der Waals surface area contributed by atoms with E-state index in [1.807, 2.05) is 0 Å². The van der Waals surface area contributed by atoms with E-state index in [0.717, 1.165) is 39.0 Å². The third kappa shape index (κ3) is 3.77. The van der Waals surface area contributed by atoms with Crippen molar-refractivity contribution in [3.63, 3.8) is 0 Å². The maximum absolute atomic E-state index is 11.6. The van der Waals surface area contributed by atoms with Crippen molar-refractivity contribution in [1.29, 1.82) is 0 Å². The zero-order valence-corrected chi connectivity index (χ0v) is 10.1. The average Bonchev–Trinajstić information content (AvgIpc) is 2.81. The number of rotatable bonds is 3. The smallest absolute Gasteiger partial charge is 0.249 e. The van der Waals surface area contributed by atoms with Crippen molar-refractivity contribution >= 4 is 18.3 Å². The van der Waals surface area contributed by atoms with E-state index in [1.54, 1.807) is 0 Å². The van der Waals surface area contributed by atoms with Crippen LogP contribution in [-0.4, -0.2) is 38.3 Å². The van der Waals surface area contributed by atoms with Crippen LogP contribution in [0.1, 0.15) is 19.3 Å². The first kappa shape index (κ1) is 13.5. The van der Waals surface area contributed by atoms with Crippen LogP contribution in [-0.2, 0) is 9.53 Å². The van der Waals surface area contributed by atoms with Crippen molar-refractivity contribution in [2.24, 2.45) is 0 Å². The standard InChI is InChI=1S/C11H18N2O2.ClH/c14-11(10-2-1-7-15-10)13-8-9-3-5-12-6-4-9;/h3,10,12H,1-2,4-8H2,(H,13,14);1H. The maximum Gasteiger partial charge on any atom is 0.249 e. The van der Waals surface area contributed by atoms with Gasteiger partial charge >= 0.3 is 0 Å². The summed E-state index contributed by atoms with van der Waals surface area (Å²) >= 11 is 0. The molecule has 0 spiro atoms. The summed E-state index contributed by atoms with van der Waals surface area (Å²) in [5, 5.41) is 6.18. The molecule has 0 aliphatic carbocycles. The van der Waals surface area contributed by atoms with Crippen LogP contribution in [0.3, 0.4) is 0 Å². The lowest BCUT2D eigenvalue weighted by atomic mass is 10.1. The first-order valence-electron chi connectivity index (χ1n) is 5.64. The van der Waals surface area contributed by atoms with Crippen molar-refractivity contribution in [3.05, 3.63) is 11.6 Å². The van der Waals surface area contributed by atoms with Gasteiger partial charge in [0.05, 0.1) is 0 Å². The molecule has 2 aliphatic rings. The van der Waals surface area contributed by atoms with Crippen LogP contribution in [0.4, 0.5) is 0 Å². The van der Waals surface area contributed by atoms with Gasteiger partial charge in [0.25, 0.3) is 0 Å². The molecule has 2 heterocycles. The summed E-state index contributed by atoms with van der Waals surface area (Å²) in [6, 6.07) is 0. The van der Waals surface area contributed by atoms with Gasteiger partial charge in [-0.1, -0.05) is 11.6 Å². The van der Waals surface area contributed by atoms with Gasteiger partial charge in [-0.25, -0.2) is 0 Å². The van der Waals surface area contributed by atoms with Crippen LogP contribution in [0.5, 0.6) is 0 Å². The highest BCUT2D eigenvalue weighted by Crippen LogP contribution is 2.12. The fourth-order valence-electron chi connectivity index (χ4n) is 1.93. The van der Waals surface area contributed by atoms with Gasteiger partial charge in [0.1, 0.15) is 6.10 Å². The molecule has 0 aromatic heterocycles. The van der Waals surface area contributed by atoms with E-state index in [2.05, 4.69) is 16.7 Å². The molecule has 1 fully saturated rings. The van der Waals surface area contributed by atoms with Crippen molar-refractivity contribution in [2.75, 3.05) is 26.2 Å². The van der Waals surface area contributed by atoms with E-state index in [-0.39, 0.29) is 24.4 Å². The second-order valence-corrected chi connectivity index (χ2v) is 4.04. The molecular weight excluding hydrogens is 228 g/mol. The molecule has 92 valence electrons. The summed E-state index contributed by atoms with van der Waals surface area (Å²) < 4.78 is 5.31. The van der Waals surface area contributed by atoms with Crippen LogP contribution in [0.2, 0.25) is 0 Å². The number of ether oxygens (including phenoxy) is 1. The molecule has 1 amide bonds. The van der Waals surface area contributed by atoms with E-state index in [4.69, 9.17) is 4.74 Å². The van der Waals surface area contributed by atoms with Gasteiger partial charge in [0.15, 0.2) is 0 Å². The SMILES string of the molecule is Cl.O=C(NCC1=CCNCC1)C1CCCO1. The van der Waals surface area contributed by atoms with E-state index >= 15 is 0 Å². The van der Waals surface area contributed by atoms with Crippen molar-refractivity contribution in [3.8, 4) is 0 Å². The van der Waals surface area contributed by atoms with Crippen molar-refractivity contribution < 1.29 is 9.53 Å². The topological polar surface area (TPSA) is 50.4 Å². The number of carbonyl (C=O) groups is 1. The zero-order valence-electron chi connectivity index (χ0n) is 9.33. The van der Waals surface area contributed by atoms with Gasteiger partial charge in [-0.15, -0.1) is 12.4 Å². The van der Waals surface area contributed by atoms with Crippen LogP contribution in [0.15, 0.2) is 11.6 Å². The van der Waals surface area contributed by atoms with E-state index in [0.29, 0.717) is 6.54 Å². The summed E-state index contributed by atoms with van der Waals surface area (Å²) in [6.07, 6.45) is 4.86. The van der Waals surface area contributed by atoms with Gasteiger partial charge in [-0.3, -0.25) is 4.79 Å². The van der Waals surface area contributed by atoms with Crippen LogP contribution in [0.25, 0.3) is 0 Å². The minimum absolute atomic E-state index is 0. The molecule has 1 atom stereocenters. The summed E-state index contributed by atoms with van der Waals surface area (Å²) in [6.45, 7) is 3.35. The van der Waals surface area contributed by atoms with Gasteiger partial charge in [-0.05, 0) is 25.8 Å². The van der Waals surface area contributed by atoms with E-state index < -0.39 is 0 Å². The Kier molecular flexibility index (Phi) is 5.80. The molecule has 2 N–H and O–H groups in total. The summed E-state index contributed by atoms with van der Waals surface area (Å²) in [5.41, 5.74) is 1.32. The lowest BCUT2D eigenvalue weighted by Crippen LogP contribution is -2.36. The zero-order chi connectivity index (χ0) is 10.5. The fourth-order valence-corrected chi connectivity index (χ4v) is 1.93. The third-order valence-electron chi connectivity index (χ3n) is 2.87. The highest BCUT2D eigenvalue weighted by Gasteiger charge is 2.23. The van der Waals surface area contributed by atoms with Crippen LogP contribution < -0.4 is 10.6 Å². The Morgan fingerprint density at radius 2 is 2.50 bits per heavy atom. The first-order chi connectivity index (χ1) is 7.36. The first-order valence-corrected chi connectivity index (χ1v) is 5.64. The second-order valence-electron chi connectivity index (χ2n) is 4.04. The van der Waals surface area contributed by atoms with Gasteiger partial charge in [0.2, 0.25) is 5.91 Å². The fraction of sp³-hybridized carbons (Fsp3) is 0.727. The summed E-state index contributed by atoms with van der Waals surface area (Å²) in [4.78, 5) is 11.6. The molecule has 0 aromatic carbocycles. The van der Waals surface area contributed by atoms with Crippen LogP contribution in [0, 0.1) is 0 Å². The molecule has 1 unspecified atom stereocenters. The Hall–Kier alpha value is -0.580. The molecule has 0 saturated carbocycles. The second kappa shape index (κ2) is 6.89. The van der Waals surface area contributed by atoms with Gasteiger partial charge < -0.3 is 15.4 Å². The average molecular weight is 247 g/mol. The highest BCUT2D eigenvalue weighted by atomic mass is 35.5. The van der Waals surface area contributed by atoms with Gasteiger partial charge in [-0.2, -0.15) is 0 Å². The Morgan fingerprint density at radius 3 is 3.12 bits per heavy atom. The molecule has 4 nitrogen and oxygen atoms in total. The minimum Gasteiger partial charge on any atom is -0.368 e. The molecule has 1 saturated heterocycles. The van der Waals surface area contributed by atoms with Crippen molar-refractivity contribution in [2.45, 2.75) is 25.4 Å². The number of hydrogen-bond acceptors (Lipinski definition) is 3. The Balaban J connectivity index is 0.00000128. The maximum atomic E-state index is 11.6. The Labute approximate surface area is 102 Å². The Bertz CT molecular complexity index is 263. The summed E-state index contributed by atoms with van der Waals surface area (Å²) in [7, 11) is 0. The minimum atomic E-state index is -0.202.